The van der Waals surface area contributed by atoms with Gasteiger partial charge in [0.15, 0.2) is 0 Å². The number of alkyl halides is 1. The van der Waals surface area contributed by atoms with Crippen LogP contribution in [0.2, 0.25) is 0 Å². The number of aromatic nitrogens is 2. The SMILES string of the molecule is ClCCCCNc1cnccn1. The predicted molar refractivity (Wildman–Crippen MR) is 50.5 cm³/mol. The quantitative estimate of drug-likeness (QED) is 0.563. The standard InChI is InChI=1S/C8H12ClN3/c9-3-1-2-4-11-8-7-10-5-6-12-8/h5-7H,1-4H2,(H,11,12). The van der Waals surface area contributed by atoms with Crippen molar-refractivity contribution >= 4 is 17.4 Å². The average molecular weight is 186 g/mol. The molecule has 0 unspecified atom stereocenters. The van der Waals surface area contributed by atoms with E-state index in [4.69, 9.17) is 11.6 Å². The van der Waals surface area contributed by atoms with Crippen molar-refractivity contribution in [3.63, 3.8) is 0 Å². The van der Waals surface area contributed by atoms with Crippen molar-refractivity contribution in [2.45, 2.75) is 12.8 Å². The molecule has 12 heavy (non-hydrogen) atoms. The summed E-state index contributed by atoms with van der Waals surface area (Å²) in [6.45, 7) is 0.908. The number of rotatable bonds is 5. The highest BCUT2D eigenvalue weighted by atomic mass is 35.5. The van der Waals surface area contributed by atoms with Crippen molar-refractivity contribution in [1.82, 2.24) is 9.97 Å². The minimum atomic E-state index is 0.724. The maximum Gasteiger partial charge on any atom is 0.144 e. The molecular formula is C8H12ClN3. The van der Waals surface area contributed by atoms with E-state index >= 15 is 0 Å². The average Bonchev–Trinajstić information content (AvgIpc) is 2.14. The molecule has 3 nitrogen and oxygen atoms in total. The Morgan fingerprint density at radius 1 is 1.33 bits per heavy atom. The molecule has 0 atom stereocenters. The van der Waals surface area contributed by atoms with Gasteiger partial charge in [-0.05, 0) is 12.8 Å². The van der Waals surface area contributed by atoms with E-state index in [0.29, 0.717) is 0 Å². The van der Waals surface area contributed by atoms with E-state index in [-0.39, 0.29) is 0 Å². The Hall–Kier alpha value is -0.830. The zero-order valence-corrected chi connectivity index (χ0v) is 7.59. The molecule has 0 fully saturated rings. The van der Waals surface area contributed by atoms with E-state index in [2.05, 4.69) is 15.3 Å². The van der Waals surface area contributed by atoms with Gasteiger partial charge in [0.25, 0.3) is 0 Å². The van der Waals surface area contributed by atoms with Crippen molar-refractivity contribution in [2.75, 3.05) is 17.7 Å². The Morgan fingerprint density at radius 2 is 2.25 bits per heavy atom. The number of hydrogen-bond acceptors (Lipinski definition) is 3. The number of hydrogen-bond donors (Lipinski definition) is 1. The van der Waals surface area contributed by atoms with Gasteiger partial charge in [0.05, 0.1) is 6.20 Å². The van der Waals surface area contributed by atoms with Crippen LogP contribution in [0.1, 0.15) is 12.8 Å². The Bertz CT molecular complexity index is 203. The van der Waals surface area contributed by atoms with Crippen molar-refractivity contribution in [3.05, 3.63) is 18.6 Å². The molecule has 1 aromatic heterocycles. The van der Waals surface area contributed by atoms with Crippen LogP contribution in [0.25, 0.3) is 0 Å². The summed E-state index contributed by atoms with van der Waals surface area (Å²) < 4.78 is 0. The highest BCUT2D eigenvalue weighted by Crippen LogP contribution is 1.98. The van der Waals surface area contributed by atoms with E-state index in [0.717, 1.165) is 31.1 Å². The summed E-state index contributed by atoms with van der Waals surface area (Å²) >= 11 is 5.53. The van der Waals surface area contributed by atoms with E-state index < -0.39 is 0 Å². The molecule has 1 heterocycles. The third kappa shape index (κ3) is 3.53. The summed E-state index contributed by atoms with van der Waals surface area (Å²) in [4.78, 5) is 8.00. The minimum absolute atomic E-state index is 0.724. The molecule has 0 amide bonds. The second-order valence-electron chi connectivity index (χ2n) is 2.41. The summed E-state index contributed by atoms with van der Waals surface area (Å²) in [5.41, 5.74) is 0. The first kappa shape index (κ1) is 9.26. The normalized spacial score (nSPS) is 9.75. The number of anilines is 1. The molecule has 0 aliphatic rings. The first-order valence-electron chi connectivity index (χ1n) is 3.99. The molecule has 1 N–H and O–H groups in total. The number of unbranched alkanes of at least 4 members (excludes halogenated alkanes) is 1. The highest BCUT2D eigenvalue weighted by Gasteiger charge is 1.90. The molecule has 0 spiro atoms. The third-order valence-electron chi connectivity index (χ3n) is 1.43. The second-order valence-corrected chi connectivity index (χ2v) is 2.79. The fourth-order valence-electron chi connectivity index (χ4n) is 0.826. The van der Waals surface area contributed by atoms with Gasteiger partial charge in [0.1, 0.15) is 5.82 Å². The lowest BCUT2D eigenvalue weighted by Gasteiger charge is -2.02. The minimum Gasteiger partial charge on any atom is -0.369 e. The molecule has 0 aliphatic carbocycles. The molecule has 0 saturated carbocycles. The fourth-order valence-corrected chi connectivity index (χ4v) is 1.02. The van der Waals surface area contributed by atoms with Crippen LogP contribution < -0.4 is 5.32 Å². The molecule has 0 bridgehead atoms. The summed E-state index contributed by atoms with van der Waals surface area (Å²) in [5, 5.41) is 3.15. The lowest BCUT2D eigenvalue weighted by molar-refractivity contribution is 0.835. The van der Waals surface area contributed by atoms with Gasteiger partial charge in [-0.2, -0.15) is 0 Å². The summed E-state index contributed by atoms with van der Waals surface area (Å²) in [6, 6.07) is 0. The number of nitrogens with zero attached hydrogens (tertiary/aromatic N) is 2. The van der Waals surface area contributed by atoms with Crippen LogP contribution in [0.4, 0.5) is 5.82 Å². The lowest BCUT2D eigenvalue weighted by Crippen LogP contribution is -2.03. The van der Waals surface area contributed by atoms with Gasteiger partial charge >= 0.3 is 0 Å². The highest BCUT2D eigenvalue weighted by molar-refractivity contribution is 6.17. The predicted octanol–water partition coefficient (Wildman–Crippen LogP) is 1.91. The van der Waals surface area contributed by atoms with Crippen molar-refractivity contribution < 1.29 is 0 Å². The number of halogens is 1. The van der Waals surface area contributed by atoms with Gasteiger partial charge in [-0.15, -0.1) is 11.6 Å². The van der Waals surface area contributed by atoms with Crippen LogP contribution in [0.5, 0.6) is 0 Å². The molecule has 66 valence electrons. The first-order valence-corrected chi connectivity index (χ1v) is 4.53. The van der Waals surface area contributed by atoms with Crippen molar-refractivity contribution in [2.24, 2.45) is 0 Å². The maximum atomic E-state index is 5.53. The summed E-state index contributed by atoms with van der Waals surface area (Å²) in [6.07, 6.45) is 7.14. The Morgan fingerprint density at radius 3 is 2.92 bits per heavy atom. The summed E-state index contributed by atoms with van der Waals surface area (Å²) in [5.74, 6) is 1.55. The van der Waals surface area contributed by atoms with E-state index in [9.17, 15) is 0 Å². The second kappa shape index (κ2) is 5.77. The number of nitrogens with one attached hydrogen (secondary N) is 1. The smallest absolute Gasteiger partial charge is 0.144 e. The Kier molecular flexibility index (Phi) is 4.46. The van der Waals surface area contributed by atoms with Gasteiger partial charge in [-0.3, -0.25) is 4.98 Å². The van der Waals surface area contributed by atoms with E-state index in [1.807, 2.05) is 0 Å². The zero-order chi connectivity index (χ0) is 8.65. The van der Waals surface area contributed by atoms with E-state index in [1.54, 1.807) is 18.6 Å². The largest absolute Gasteiger partial charge is 0.369 e. The van der Waals surface area contributed by atoms with Crippen LogP contribution in [0.3, 0.4) is 0 Å². The van der Waals surface area contributed by atoms with Gasteiger partial charge in [-0.25, -0.2) is 4.98 Å². The van der Waals surface area contributed by atoms with Gasteiger partial charge in [0, 0.05) is 24.8 Å². The molecule has 1 rings (SSSR count). The van der Waals surface area contributed by atoms with Crippen LogP contribution in [0.15, 0.2) is 18.6 Å². The Balaban J connectivity index is 2.16. The molecule has 0 aromatic carbocycles. The van der Waals surface area contributed by atoms with Crippen LogP contribution >= 0.6 is 11.6 Å². The third-order valence-corrected chi connectivity index (χ3v) is 1.70. The zero-order valence-electron chi connectivity index (χ0n) is 6.83. The maximum absolute atomic E-state index is 5.53. The monoisotopic (exact) mass is 185 g/mol. The lowest BCUT2D eigenvalue weighted by atomic mass is 10.3. The van der Waals surface area contributed by atoms with Crippen LogP contribution in [0, 0.1) is 0 Å². The molecular weight excluding hydrogens is 174 g/mol. The van der Waals surface area contributed by atoms with Crippen LogP contribution in [-0.2, 0) is 0 Å². The van der Waals surface area contributed by atoms with Gasteiger partial charge in [-0.1, -0.05) is 0 Å². The van der Waals surface area contributed by atoms with Gasteiger partial charge < -0.3 is 5.32 Å². The molecule has 1 aromatic rings. The van der Waals surface area contributed by atoms with Crippen LogP contribution in [-0.4, -0.2) is 22.4 Å². The first-order chi connectivity index (χ1) is 5.93. The fraction of sp³-hybridized carbons (Fsp3) is 0.500. The summed E-state index contributed by atoms with van der Waals surface area (Å²) in [7, 11) is 0. The molecule has 0 aliphatic heterocycles. The van der Waals surface area contributed by atoms with E-state index in [1.165, 1.54) is 0 Å². The molecule has 0 radical (unpaired) electrons. The topological polar surface area (TPSA) is 37.8 Å². The van der Waals surface area contributed by atoms with Gasteiger partial charge in [0.2, 0.25) is 0 Å². The van der Waals surface area contributed by atoms with Crippen molar-refractivity contribution in [1.29, 1.82) is 0 Å². The molecule has 4 heteroatoms. The van der Waals surface area contributed by atoms with Crippen molar-refractivity contribution in [3.8, 4) is 0 Å². The molecule has 0 saturated heterocycles. The Labute approximate surface area is 77.2 Å².